The minimum absolute atomic E-state index is 0.164. The maximum Gasteiger partial charge on any atom is 0.242 e. The average molecular weight is 313 g/mol. The lowest BCUT2D eigenvalue weighted by atomic mass is 9.85. The predicted molar refractivity (Wildman–Crippen MR) is 74.3 cm³/mol. The molecular formula is C14H17ClN2O4. The van der Waals surface area contributed by atoms with E-state index < -0.39 is 5.92 Å². The van der Waals surface area contributed by atoms with Gasteiger partial charge in [0.05, 0.1) is 25.0 Å². The number of fused-ring (bicyclic) bond motifs is 1. The van der Waals surface area contributed by atoms with Crippen LogP contribution in [0.25, 0.3) is 0 Å². The van der Waals surface area contributed by atoms with Gasteiger partial charge in [-0.1, -0.05) is 17.7 Å². The molecule has 3 amide bonds. The lowest BCUT2D eigenvalue weighted by molar-refractivity contribution is -0.148. The second-order valence-corrected chi connectivity index (χ2v) is 6.05. The third-order valence-electron chi connectivity index (χ3n) is 4.32. The zero-order chi connectivity index (χ0) is 15.0. The summed E-state index contributed by atoms with van der Waals surface area (Å²) in [5.41, 5.74) is 0. The van der Waals surface area contributed by atoms with Crippen molar-refractivity contribution in [1.82, 2.24) is 9.80 Å². The summed E-state index contributed by atoms with van der Waals surface area (Å²) in [7, 11) is 0. The van der Waals surface area contributed by atoms with Crippen LogP contribution < -0.4 is 0 Å². The Hall–Kier alpha value is -1.40. The number of halogens is 1. The van der Waals surface area contributed by atoms with Gasteiger partial charge in [-0.05, 0) is 12.8 Å². The molecule has 0 radical (unpaired) electrons. The first-order valence-corrected chi connectivity index (χ1v) is 7.51. The van der Waals surface area contributed by atoms with E-state index in [1.54, 1.807) is 11.0 Å². The fourth-order valence-corrected chi connectivity index (χ4v) is 3.36. The Labute approximate surface area is 127 Å². The molecule has 0 aromatic rings. The molecule has 3 aliphatic rings. The van der Waals surface area contributed by atoms with Gasteiger partial charge in [-0.2, -0.15) is 0 Å². The zero-order valence-electron chi connectivity index (χ0n) is 11.6. The minimum atomic E-state index is -0.396. The molecule has 2 fully saturated rings. The third-order valence-corrected chi connectivity index (χ3v) is 4.63. The maximum atomic E-state index is 12.3. The minimum Gasteiger partial charge on any atom is -0.378 e. The first-order chi connectivity index (χ1) is 10.1. The number of amides is 3. The van der Waals surface area contributed by atoms with Gasteiger partial charge in [0.25, 0.3) is 0 Å². The van der Waals surface area contributed by atoms with E-state index in [4.69, 9.17) is 16.3 Å². The smallest absolute Gasteiger partial charge is 0.242 e. The molecule has 2 aliphatic heterocycles. The Bertz CT molecular complexity index is 513. The highest BCUT2D eigenvalue weighted by Crippen LogP contribution is 2.38. The lowest BCUT2D eigenvalue weighted by Gasteiger charge is -2.28. The van der Waals surface area contributed by atoms with Crippen LogP contribution in [0.4, 0.5) is 0 Å². The number of hydrogen-bond donors (Lipinski definition) is 0. The second kappa shape index (κ2) is 5.77. The largest absolute Gasteiger partial charge is 0.378 e. The summed E-state index contributed by atoms with van der Waals surface area (Å²) in [5, 5.41) is 0.624. The van der Waals surface area contributed by atoms with Crippen molar-refractivity contribution in [3.05, 3.63) is 11.1 Å². The van der Waals surface area contributed by atoms with Crippen molar-refractivity contribution < 1.29 is 19.1 Å². The normalized spacial score (nSPS) is 29.5. The molecule has 7 heteroatoms. The molecule has 2 atom stereocenters. The number of morpholine rings is 1. The van der Waals surface area contributed by atoms with E-state index in [-0.39, 0.29) is 30.2 Å². The Kier molecular flexibility index (Phi) is 3.99. The molecule has 0 N–H and O–H groups in total. The Balaban J connectivity index is 1.67. The van der Waals surface area contributed by atoms with Gasteiger partial charge in [0.1, 0.15) is 6.54 Å². The molecule has 6 nitrogen and oxygen atoms in total. The summed E-state index contributed by atoms with van der Waals surface area (Å²) < 4.78 is 5.19. The van der Waals surface area contributed by atoms with Crippen LogP contribution in [0.2, 0.25) is 0 Å². The van der Waals surface area contributed by atoms with E-state index in [9.17, 15) is 14.4 Å². The van der Waals surface area contributed by atoms with Crippen LogP contribution in [0.15, 0.2) is 11.1 Å². The fourth-order valence-electron chi connectivity index (χ4n) is 3.10. The summed E-state index contributed by atoms with van der Waals surface area (Å²) in [6, 6.07) is 0. The summed E-state index contributed by atoms with van der Waals surface area (Å²) in [6.07, 6.45) is 2.68. The molecule has 114 valence electrons. The van der Waals surface area contributed by atoms with Crippen LogP contribution in [0.3, 0.4) is 0 Å². The molecule has 1 aliphatic carbocycles. The molecule has 0 saturated carbocycles. The number of nitrogens with zero attached hydrogens (tertiary/aromatic N) is 2. The highest BCUT2D eigenvalue weighted by atomic mass is 35.5. The van der Waals surface area contributed by atoms with Crippen LogP contribution in [0, 0.1) is 11.8 Å². The molecular weight excluding hydrogens is 296 g/mol. The van der Waals surface area contributed by atoms with Gasteiger partial charge < -0.3 is 9.64 Å². The van der Waals surface area contributed by atoms with E-state index in [0.29, 0.717) is 44.2 Å². The van der Waals surface area contributed by atoms with Gasteiger partial charge in [0.2, 0.25) is 17.7 Å². The van der Waals surface area contributed by atoms with Crippen LogP contribution >= 0.6 is 11.6 Å². The van der Waals surface area contributed by atoms with Crippen LogP contribution in [-0.2, 0) is 19.1 Å². The van der Waals surface area contributed by atoms with Crippen molar-refractivity contribution in [1.29, 1.82) is 0 Å². The first-order valence-electron chi connectivity index (χ1n) is 7.13. The zero-order valence-corrected chi connectivity index (χ0v) is 12.3. The number of likely N-dealkylation sites (tertiary alicyclic amines) is 1. The molecule has 21 heavy (non-hydrogen) atoms. The van der Waals surface area contributed by atoms with E-state index in [0.717, 1.165) is 4.90 Å². The molecule has 0 spiro atoms. The Morgan fingerprint density at radius 3 is 2.62 bits per heavy atom. The Morgan fingerprint density at radius 1 is 1.24 bits per heavy atom. The first kappa shape index (κ1) is 14.5. The fraction of sp³-hybridized carbons (Fsp3) is 0.643. The molecule has 2 heterocycles. The van der Waals surface area contributed by atoms with Gasteiger partial charge in [0, 0.05) is 18.1 Å². The molecule has 3 rings (SSSR count). The van der Waals surface area contributed by atoms with Crippen molar-refractivity contribution in [3.63, 3.8) is 0 Å². The molecule has 2 saturated heterocycles. The number of rotatable bonds is 2. The molecule has 0 unspecified atom stereocenters. The number of carbonyl (C=O) groups excluding carboxylic acids is 3. The van der Waals surface area contributed by atoms with Crippen LogP contribution in [0.5, 0.6) is 0 Å². The van der Waals surface area contributed by atoms with E-state index in [2.05, 4.69) is 0 Å². The van der Waals surface area contributed by atoms with Gasteiger partial charge in [-0.3, -0.25) is 19.3 Å². The van der Waals surface area contributed by atoms with Crippen molar-refractivity contribution in [2.75, 3.05) is 32.8 Å². The van der Waals surface area contributed by atoms with Gasteiger partial charge in [0.15, 0.2) is 0 Å². The molecule has 0 aromatic heterocycles. The Morgan fingerprint density at radius 2 is 1.90 bits per heavy atom. The van der Waals surface area contributed by atoms with Crippen LogP contribution in [-0.4, -0.2) is 60.4 Å². The average Bonchev–Trinajstić information content (AvgIpc) is 2.73. The standard InChI is InChI=1S/C14H17ClN2O4/c15-9-1-2-10-11(7-9)14(20)17(13(10)19)8-12(18)16-3-5-21-6-4-16/h1,10-11H,2-8H2/t10-,11-/m1/s1. The summed E-state index contributed by atoms with van der Waals surface area (Å²) >= 11 is 5.96. The third kappa shape index (κ3) is 2.70. The number of carbonyl (C=O) groups is 3. The summed E-state index contributed by atoms with van der Waals surface area (Å²) in [5.74, 6) is -1.45. The van der Waals surface area contributed by atoms with Gasteiger partial charge in [-0.15, -0.1) is 0 Å². The quantitative estimate of drug-likeness (QED) is 0.691. The number of ether oxygens (including phenoxy) is 1. The monoisotopic (exact) mass is 312 g/mol. The summed E-state index contributed by atoms with van der Waals surface area (Å²) in [6.45, 7) is 1.85. The van der Waals surface area contributed by atoms with Gasteiger partial charge >= 0.3 is 0 Å². The predicted octanol–water partition coefficient (Wildman–Crippen LogP) is 0.363. The molecule has 0 bridgehead atoms. The topological polar surface area (TPSA) is 66.9 Å². The van der Waals surface area contributed by atoms with Crippen molar-refractivity contribution >= 4 is 29.3 Å². The summed E-state index contributed by atoms with van der Waals surface area (Å²) in [4.78, 5) is 39.6. The van der Waals surface area contributed by atoms with Gasteiger partial charge in [-0.25, -0.2) is 0 Å². The van der Waals surface area contributed by atoms with Crippen LogP contribution in [0.1, 0.15) is 12.8 Å². The van der Waals surface area contributed by atoms with Crippen molar-refractivity contribution in [3.8, 4) is 0 Å². The van der Waals surface area contributed by atoms with E-state index >= 15 is 0 Å². The highest BCUT2D eigenvalue weighted by molar-refractivity contribution is 6.30. The number of allylic oxidation sites excluding steroid dienone is 2. The van der Waals surface area contributed by atoms with E-state index in [1.807, 2.05) is 0 Å². The lowest BCUT2D eigenvalue weighted by Crippen LogP contribution is -2.47. The second-order valence-electron chi connectivity index (χ2n) is 5.56. The maximum absolute atomic E-state index is 12.3. The molecule has 0 aromatic carbocycles. The number of imide groups is 1. The van der Waals surface area contributed by atoms with Crippen molar-refractivity contribution in [2.24, 2.45) is 11.8 Å². The SMILES string of the molecule is O=C(CN1C(=O)[C@@H]2CC=C(Cl)C[C@H]2C1=O)N1CCOCC1. The number of hydrogen-bond acceptors (Lipinski definition) is 4. The van der Waals surface area contributed by atoms with Crippen molar-refractivity contribution in [2.45, 2.75) is 12.8 Å². The highest BCUT2D eigenvalue weighted by Gasteiger charge is 2.49. The van der Waals surface area contributed by atoms with E-state index in [1.165, 1.54) is 0 Å².